The standard InChI is InChI=1S/C7H3ClF6OS/c8-7(15)5-3-4(9)1-2-6(5)16(10,11,12,13)14/h1-3H. The van der Waals surface area contributed by atoms with E-state index in [0.717, 1.165) is 0 Å². The highest BCUT2D eigenvalue weighted by molar-refractivity contribution is 8.45. The van der Waals surface area contributed by atoms with Crippen LogP contribution < -0.4 is 0 Å². The van der Waals surface area contributed by atoms with Crippen molar-refractivity contribution >= 4 is 27.1 Å². The Balaban J connectivity index is 3.67. The molecule has 1 aromatic carbocycles. The van der Waals surface area contributed by atoms with E-state index in [2.05, 4.69) is 0 Å². The molecule has 0 saturated heterocycles. The first-order valence-electron chi connectivity index (χ1n) is 3.55. The lowest BCUT2D eigenvalue weighted by Crippen LogP contribution is -2.11. The highest BCUT2D eigenvalue weighted by Gasteiger charge is 2.66. The molecule has 1 nitrogen and oxygen atoms in total. The van der Waals surface area contributed by atoms with Gasteiger partial charge in [0.05, 0.1) is 5.56 Å². The zero-order chi connectivity index (χ0) is 12.8. The van der Waals surface area contributed by atoms with Crippen LogP contribution in [0.3, 0.4) is 0 Å². The molecular formula is C7H3ClF6OS. The SMILES string of the molecule is O=C(Cl)c1cc(F)ccc1S(F)(F)(F)(F)F. The molecular weight excluding hydrogens is 282 g/mol. The van der Waals surface area contributed by atoms with Gasteiger partial charge in [-0.2, -0.15) is 0 Å². The quantitative estimate of drug-likeness (QED) is 0.560. The predicted molar refractivity (Wildman–Crippen MR) is 48.0 cm³/mol. The molecule has 0 unspecified atom stereocenters. The van der Waals surface area contributed by atoms with E-state index in [1.807, 2.05) is 0 Å². The van der Waals surface area contributed by atoms with Gasteiger partial charge in [-0.05, 0) is 29.8 Å². The molecule has 0 fully saturated rings. The second-order valence-corrected chi connectivity index (χ2v) is 5.60. The Morgan fingerprint density at radius 2 is 1.62 bits per heavy atom. The highest BCUT2D eigenvalue weighted by Crippen LogP contribution is 3.02. The molecule has 0 radical (unpaired) electrons. The van der Waals surface area contributed by atoms with Gasteiger partial charge in [0.15, 0.2) is 0 Å². The zero-order valence-corrected chi connectivity index (χ0v) is 8.77. The van der Waals surface area contributed by atoms with Crippen LogP contribution in [0.1, 0.15) is 10.4 Å². The molecule has 0 amide bonds. The number of hydrogen-bond donors (Lipinski definition) is 0. The van der Waals surface area contributed by atoms with Gasteiger partial charge in [-0.25, -0.2) is 4.39 Å². The lowest BCUT2D eigenvalue weighted by molar-refractivity contribution is 0.107. The molecule has 9 heteroatoms. The van der Waals surface area contributed by atoms with Crippen molar-refractivity contribution < 1.29 is 28.6 Å². The molecule has 0 saturated carbocycles. The van der Waals surface area contributed by atoms with Gasteiger partial charge >= 0.3 is 10.2 Å². The predicted octanol–water partition coefficient (Wildman–Crippen LogP) is 4.86. The number of halogens is 7. The van der Waals surface area contributed by atoms with Gasteiger partial charge in [-0.15, -0.1) is 0 Å². The fourth-order valence-electron chi connectivity index (χ4n) is 0.992. The normalized spacial score (nSPS) is 16.4. The number of benzene rings is 1. The number of hydrogen-bond acceptors (Lipinski definition) is 1. The molecule has 1 aromatic rings. The fourth-order valence-corrected chi connectivity index (χ4v) is 2.10. The van der Waals surface area contributed by atoms with Crippen molar-refractivity contribution in [3.05, 3.63) is 29.6 Å². The Bertz CT molecular complexity index is 467. The third-order valence-corrected chi connectivity index (χ3v) is 2.96. The molecule has 16 heavy (non-hydrogen) atoms. The smallest absolute Gasteiger partial charge is 0.276 e. The molecule has 0 aliphatic carbocycles. The van der Waals surface area contributed by atoms with Crippen molar-refractivity contribution in [2.45, 2.75) is 4.90 Å². The van der Waals surface area contributed by atoms with Gasteiger partial charge in [0.25, 0.3) is 5.24 Å². The van der Waals surface area contributed by atoms with Gasteiger partial charge in [0, 0.05) is 0 Å². The van der Waals surface area contributed by atoms with E-state index in [0.29, 0.717) is 0 Å². The van der Waals surface area contributed by atoms with E-state index in [9.17, 15) is 28.6 Å². The first kappa shape index (κ1) is 13.2. The molecule has 0 atom stereocenters. The van der Waals surface area contributed by atoms with E-state index in [1.165, 1.54) is 0 Å². The summed E-state index contributed by atoms with van der Waals surface area (Å²) in [6.45, 7) is 0. The summed E-state index contributed by atoms with van der Waals surface area (Å²) in [7, 11) is -10.0. The molecule has 0 aliphatic rings. The molecule has 92 valence electrons. The minimum Gasteiger partial charge on any atom is -0.276 e. The summed E-state index contributed by atoms with van der Waals surface area (Å²) in [6, 6.07) is -0.00830. The van der Waals surface area contributed by atoms with E-state index >= 15 is 0 Å². The summed E-state index contributed by atoms with van der Waals surface area (Å²) >= 11 is 4.69. The zero-order valence-electron chi connectivity index (χ0n) is 7.19. The molecule has 0 heterocycles. The fraction of sp³-hybridized carbons (Fsp3) is 0. The minimum absolute atomic E-state index is 0.0164. The van der Waals surface area contributed by atoms with Crippen LogP contribution in [0, 0.1) is 5.82 Å². The van der Waals surface area contributed by atoms with Gasteiger partial charge < -0.3 is 0 Å². The monoisotopic (exact) mass is 284 g/mol. The highest BCUT2D eigenvalue weighted by atomic mass is 35.5. The molecule has 0 aliphatic heterocycles. The van der Waals surface area contributed by atoms with Gasteiger partial charge in [-0.3, -0.25) is 4.79 Å². The summed E-state index contributed by atoms with van der Waals surface area (Å²) in [5, 5.41) is -1.80. The van der Waals surface area contributed by atoms with Gasteiger partial charge in [0.2, 0.25) is 0 Å². The van der Waals surface area contributed by atoms with Crippen molar-refractivity contribution in [2.24, 2.45) is 0 Å². The third-order valence-electron chi connectivity index (χ3n) is 1.57. The van der Waals surface area contributed by atoms with E-state index in [1.54, 1.807) is 0 Å². The Kier molecular flexibility index (Phi) is 2.36. The first-order chi connectivity index (χ1) is 6.81. The van der Waals surface area contributed by atoms with Crippen LogP contribution in [0.4, 0.5) is 23.8 Å². The van der Waals surface area contributed by atoms with E-state index in [-0.39, 0.29) is 18.2 Å². The average molecular weight is 285 g/mol. The molecule has 0 aromatic heterocycles. The van der Waals surface area contributed by atoms with Gasteiger partial charge in [-0.1, -0.05) is 19.4 Å². The second kappa shape index (κ2) is 2.86. The maximum Gasteiger partial charge on any atom is 0.311 e. The topological polar surface area (TPSA) is 17.1 Å². The summed E-state index contributed by atoms with van der Waals surface area (Å²) < 4.78 is 74.4. The van der Waals surface area contributed by atoms with E-state index in [4.69, 9.17) is 11.6 Å². The number of rotatable bonds is 2. The van der Waals surface area contributed by atoms with Crippen LogP contribution in [0.25, 0.3) is 0 Å². The lowest BCUT2D eigenvalue weighted by atomic mass is 10.2. The number of carbonyl (C=O) groups excluding carboxylic acids is 1. The average Bonchev–Trinajstić information content (AvgIpc) is 1.98. The Hall–Kier alpha value is -0.890. The molecule has 0 N–H and O–H groups in total. The first-order valence-corrected chi connectivity index (χ1v) is 5.88. The Labute approximate surface area is 90.7 Å². The molecule has 0 bridgehead atoms. The van der Waals surface area contributed by atoms with Crippen molar-refractivity contribution in [3.63, 3.8) is 0 Å². The van der Waals surface area contributed by atoms with Crippen LogP contribution in [-0.2, 0) is 0 Å². The Morgan fingerprint density at radius 3 is 2.00 bits per heavy atom. The van der Waals surface area contributed by atoms with Crippen LogP contribution >= 0.6 is 21.8 Å². The van der Waals surface area contributed by atoms with Crippen LogP contribution in [0.5, 0.6) is 0 Å². The van der Waals surface area contributed by atoms with Crippen molar-refractivity contribution in [1.29, 1.82) is 0 Å². The summed E-state index contributed by atoms with van der Waals surface area (Å²) in [6.07, 6.45) is 0. The van der Waals surface area contributed by atoms with Crippen molar-refractivity contribution in [1.82, 2.24) is 0 Å². The lowest BCUT2D eigenvalue weighted by Gasteiger charge is -2.41. The molecule has 1 rings (SSSR count). The maximum atomic E-state index is 12.5. The largest absolute Gasteiger partial charge is 0.311 e. The summed E-state index contributed by atoms with van der Waals surface area (Å²) in [5.74, 6) is -1.27. The van der Waals surface area contributed by atoms with Crippen LogP contribution in [0.15, 0.2) is 23.1 Å². The number of carbonyl (C=O) groups is 1. The minimum atomic E-state index is -10.0. The van der Waals surface area contributed by atoms with E-state index < -0.39 is 31.7 Å². The van der Waals surface area contributed by atoms with Crippen LogP contribution in [0.2, 0.25) is 0 Å². The van der Waals surface area contributed by atoms with Crippen LogP contribution in [-0.4, -0.2) is 5.24 Å². The summed E-state index contributed by atoms with van der Waals surface area (Å²) in [5.41, 5.74) is -1.60. The maximum absolute atomic E-state index is 12.5. The Morgan fingerprint density at radius 1 is 1.12 bits per heavy atom. The second-order valence-electron chi connectivity index (χ2n) is 2.88. The van der Waals surface area contributed by atoms with Gasteiger partial charge in [0.1, 0.15) is 10.7 Å². The van der Waals surface area contributed by atoms with Crippen molar-refractivity contribution in [2.75, 3.05) is 0 Å². The third kappa shape index (κ3) is 2.82. The van der Waals surface area contributed by atoms with Crippen molar-refractivity contribution in [3.8, 4) is 0 Å². The summed E-state index contributed by atoms with van der Waals surface area (Å²) in [4.78, 5) is 8.05. The molecule has 0 spiro atoms.